The van der Waals surface area contributed by atoms with Crippen LogP contribution < -0.4 is 5.32 Å². The quantitative estimate of drug-likeness (QED) is 0.465. The molecule has 1 amide bonds. The predicted molar refractivity (Wildman–Crippen MR) is 119 cm³/mol. The molecule has 1 aromatic carbocycles. The fraction of sp³-hybridized carbons (Fsp3) is 0.304. The normalized spacial score (nSPS) is 17.1. The van der Waals surface area contributed by atoms with Gasteiger partial charge in [0.05, 0.1) is 11.4 Å². The third kappa shape index (κ3) is 6.37. The summed E-state index contributed by atoms with van der Waals surface area (Å²) in [6.07, 6.45) is 15.2. The molecule has 1 atom stereocenters. The monoisotopic (exact) mass is 426 g/mol. The van der Waals surface area contributed by atoms with Crippen molar-refractivity contribution in [3.8, 4) is 0 Å². The van der Waals surface area contributed by atoms with Gasteiger partial charge < -0.3 is 5.32 Å². The van der Waals surface area contributed by atoms with Crippen LogP contribution in [0, 0.1) is 5.92 Å². The van der Waals surface area contributed by atoms with Crippen LogP contribution in [0.4, 0.5) is 0 Å². The van der Waals surface area contributed by atoms with E-state index in [0.29, 0.717) is 5.56 Å². The molecule has 30 heavy (non-hydrogen) atoms. The van der Waals surface area contributed by atoms with E-state index in [2.05, 4.69) is 42.6 Å². The van der Waals surface area contributed by atoms with Crippen LogP contribution in [0.25, 0.3) is 0 Å². The van der Waals surface area contributed by atoms with E-state index in [0.717, 1.165) is 36.2 Å². The van der Waals surface area contributed by atoms with Gasteiger partial charge in [0.1, 0.15) is 0 Å². The average Bonchev–Trinajstić information content (AvgIpc) is 3.39. The first kappa shape index (κ1) is 21.9. The fourth-order valence-corrected chi connectivity index (χ4v) is 3.86. The van der Waals surface area contributed by atoms with E-state index in [1.54, 1.807) is 12.1 Å². The zero-order valence-corrected chi connectivity index (χ0v) is 17.7. The summed E-state index contributed by atoms with van der Waals surface area (Å²) in [5.74, 6) is -0.696. The summed E-state index contributed by atoms with van der Waals surface area (Å²) in [6.45, 7) is 1.93. The van der Waals surface area contributed by atoms with Crippen molar-refractivity contribution in [1.82, 2.24) is 5.32 Å². The van der Waals surface area contributed by atoms with Crippen molar-refractivity contribution in [2.75, 3.05) is 12.3 Å². The molecule has 1 aromatic rings. The SMILES string of the molecule is CC(=NC1=CCC=C1)C(Cc1ccc(C(=O)NCCS(=O)(=O)O)cc1)C1=CC=CC1. The molecule has 2 N–H and O–H groups in total. The summed E-state index contributed by atoms with van der Waals surface area (Å²) in [6, 6.07) is 7.28. The first-order valence-electron chi connectivity index (χ1n) is 9.91. The molecule has 2 aliphatic rings. The van der Waals surface area contributed by atoms with Crippen LogP contribution in [0.3, 0.4) is 0 Å². The molecule has 0 aliphatic heterocycles. The summed E-state index contributed by atoms with van der Waals surface area (Å²) >= 11 is 0. The first-order valence-corrected chi connectivity index (χ1v) is 11.5. The van der Waals surface area contributed by atoms with Crippen LogP contribution in [-0.2, 0) is 16.5 Å². The summed E-state index contributed by atoms with van der Waals surface area (Å²) in [4.78, 5) is 16.9. The molecule has 6 nitrogen and oxygen atoms in total. The van der Waals surface area contributed by atoms with Crippen molar-refractivity contribution in [3.63, 3.8) is 0 Å². The van der Waals surface area contributed by atoms with E-state index in [9.17, 15) is 13.2 Å². The lowest BCUT2D eigenvalue weighted by Gasteiger charge is -2.19. The zero-order valence-electron chi connectivity index (χ0n) is 16.9. The van der Waals surface area contributed by atoms with E-state index < -0.39 is 15.9 Å². The second-order valence-electron chi connectivity index (χ2n) is 7.39. The third-order valence-electron chi connectivity index (χ3n) is 5.11. The molecule has 0 saturated carbocycles. The number of rotatable bonds is 9. The lowest BCUT2D eigenvalue weighted by atomic mass is 9.87. The Morgan fingerprint density at radius 1 is 1.23 bits per heavy atom. The van der Waals surface area contributed by atoms with Crippen LogP contribution in [-0.4, -0.2) is 36.9 Å². The lowest BCUT2D eigenvalue weighted by molar-refractivity contribution is 0.0956. The number of carbonyl (C=O) groups is 1. The van der Waals surface area contributed by atoms with Gasteiger partial charge in [0.25, 0.3) is 16.0 Å². The van der Waals surface area contributed by atoms with Crippen LogP contribution in [0.2, 0.25) is 0 Å². The number of aliphatic imine (C=N–C) groups is 1. The Morgan fingerprint density at radius 3 is 2.60 bits per heavy atom. The highest BCUT2D eigenvalue weighted by Gasteiger charge is 2.20. The summed E-state index contributed by atoms with van der Waals surface area (Å²) in [5, 5.41) is 2.49. The second kappa shape index (κ2) is 9.82. The van der Waals surface area contributed by atoms with Crippen molar-refractivity contribution in [2.45, 2.75) is 26.2 Å². The summed E-state index contributed by atoms with van der Waals surface area (Å²) in [5.41, 5.74) is 4.92. The molecule has 0 heterocycles. The maximum atomic E-state index is 12.1. The number of hydrogen-bond acceptors (Lipinski definition) is 4. The van der Waals surface area contributed by atoms with E-state index in [1.807, 2.05) is 18.2 Å². The number of allylic oxidation sites excluding steroid dienone is 7. The zero-order chi connectivity index (χ0) is 21.6. The number of carbonyl (C=O) groups excluding carboxylic acids is 1. The molecule has 3 rings (SSSR count). The average molecular weight is 427 g/mol. The van der Waals surface area contributed by atoms with Gasteiger partial charge in [-0.2, -0.15) is 8.42 Å². The number of amides is 1. The van der Waals surface area contributed by atoms with E-state index in [4.69, 9.17) is 9.55 Å². The van der Waals surface area contributed by atoms with Gasteiger partial charge in [0, 0.05) is 23.7 Å². The standard InChI is InChI=1S/C23H26N2O4S/c1-17(25-21-8-4-5-9-21)22(19-6-2-3-7-19)16-18-10-12-20(13-11-18)23(26)24-14-15-30(27,28)29/h2-4,6,8-13,22H,5,7,14-16H2,1H3,(H,24,26)(H,27,28,29). The number of nitrogens with one attached hydrogen (secondary N) is 1. The fourth-order valence-electron chi connectivity index (χ4n) is 3.50. The van der Waals surface area contributed by atoms with E-state index >= 15 is 0 Å². The highest BCUT2D eigenvalue weighted by atomic mass is 32.2. The van der Waals surface area contributed by atoms with Crippen LogP contribution in [0.5, 0.6) is 0 Å². The Balaban J connectivity index is 1.67. The Bertz CT molecular complexity index is 1050. The maximum Gasteiger partial charge on any atom is 0.266 e. The van der Waals surface area contributed by atoms with Crippen molar-refractivity contribution in [3.05, 3.63) is 83.1 Å². The Hall–Kier alpha value is -2.77. The van der Waals surface area contributed by atoms with Gasteiger partial charge in [-0.05, 0) is 50.0 Å². The molecule has 0 aromatic heterocycles. The Labute approximate surface area is 177 Å². The molecule has 0 saturated heterocycles. The highest BCUT2D eigenvalue weighted by molar-refractivity contribution is 7.85. The molecule has 0 spiro atoms. The smallest absolute Gasteiger partial charge is 0.266 e. The summed E-state index contributed by atoms with van der Waals surface area (Å²) in [7, 11) is -4.09. The van der Waals surface area contributed by atoms with Crippen LogP contribution in [0.1, 0.15) is 35.7 Å². The highest BCUT2D eigenvalue weighted by Crippen LogP contribution is 2.27. The molecule has 2 aliphatic carbocycles. The molecule has 158 valence electrons. The minimum absolute atomic E-state index is 0.136. The van der Waals surface area contributed by atoms with Gasteiger partial charge in [-0.3, -0.25) is 14.3 Å². The molecule has 0 radical (unpaired) electrons. The van der Waals surface area contributed by atoms with Gasteiger partial charge >= 0.3 is 0 Å². The van der Waals surface area contributed by atoms with E-state index in [-0.39, 0.29) is 18.4 Å². The molecular weight excluding hydrogens is 400 g/mol. The topological polar surface area (TPSA) is 95.8 Å². The molecule has 0 bridgehead atoms. The van der Waals surface area contributed by atoms with Gasteiger partial charge in [-0.1, -0.05) is 48.1 Å². The minimum atomic E-state index is -4.09. The third-order valence-corrected chi connectivity index (χ3v) is 5.83. The van der Waals surface area contributed by atoms with Crippen LogP contribution >= 0.6 is 0 Å². The maximum absolute atomic E-state index is 12.1. The molecule has 0 fully saturated rings. The van der Waals surface area contributed by atoms with Crippen molar-refractivity contribution < 1.29 is 17.8 Å². The van der Waals surface area contributed by atoms with Crippen molar-refractivity contribution in [1.29, 1.82) is 0 Å². The first-order chi connectivity index (χ1) is 14.3. The minimum Gasteiger partial charge on any atom is -0.351 e. The van der Waals surface area contributed by atoms with Crippen LogP contribution in [0.15, 0.2) is 77.0 Å². The van der Waals surface area contributed by atoms with Gasteiger partial charge in [-0.25, -0.2) is 0 Å². The largest absolute Gasteiger partial charge is 0.351 e. The Kier molecular flexibility index (Phi) is 7.18. The Morgan fingerprint density at radius 2 is 2.00 bits per heavy atom. The number of benzene rings is 1. The second-order valence-corrected chi connectivity index (χ2v) is 8.96. The number of hydrogen-bond donors (Lipinski definition) is 2. The van der Waals surface area contributed by atoms with Crippen molar-refractivity contribution in [2.24, 2.45) is 10.9 Å². The number of nitrogens with zero attached hydrogens (tertiary/aromatic N) is 1. The molecular formula is C23H26N2O4S. The van der Waals surface area contributed by atoms with E-state index in [1.165, 1.54) is 5.57 Å². The van der Waals surface area contributed by atoms with Gasteiger partial charge in [-0.15, -0.1) is 0 Å². The van der Waals surface area contributed by atoms with Gasteiger partial charge in [0.15, 0.2) is 0 Å². The lowest BCUT2D eigenvalue weighted by Crippen LogP contribution is -2.28. The van der Waals surface area contributed by atoms with Gasteiger partial charge in [0.2, 0.25) is 0 Å². The molecule has 1 unspecified atom stereocenters. The summed E-state index contributed by atoms with van der Waals surface area (Å²) < 4.78 is 30.2. The molecule has 7 heteroatoms. The predicted octanol–water partition coefficient (Wildman–Crippen LogP) is 3.65. The van der Waals surface area contributed by atoms with Crippen molar-refractivity contribution >= 4 is 21.7 Å².